The van der Waals surface area contributed by atoms with Crippen LogP contribution in [-0.4, -0.2) is 47.5 Å². The minimum Gasteiger partial charge on any atom is -0.374 e. The first-order valence-electron chi connectivity index (χ1n) is 3.12. The SMILES string of the molecule is [Al][c]1ncc2[nH][c]([Al])cc2n1. The monoisotopic (exact) mass is 171 g/mol. The summed E-state index contributed by atoms with van der Waals surface area (Å²) in [6.07, 6.45) is 1.78. The van der Waals surface area contributed by atoms with E-state index in [-0.39, 0.29) is 0 Å². The van der Waals surface area contributed by atoms with Crippen LogP contribution in [0.4, 0.5) is 0 Å². The maximum absolute atomic E-state index is 4.20. The van der Waals surface area contributed by atoms with Gasteiger partial charge < -0.3 is 4.98 Å². The van der Waals surface area contributed by atoms with Crippen molar-refractivity contribution in [1.29, 1.82) is 0 Å². The molecule has 4 radical (unpaired) electrons. The Bertz CT molecular complexity index is 396. The van der Waals surface area contributed by atoms with Gasteiger partial charge in [-0.1, -0.05) is 4.56 Å². The van der Waals surface area contributed by atoms with Gasteiger partial charge in [0.1, 0.15) is 0 Å². The average molecular weight is 171 g/mol. The van der Waals surface area contributed by atoms with E-state index < -0.39 is 0 Å². The third-order valence-corrected chi connectivity index (χ3v) is 2.00. The van der Waals surface area contributed by atoms with E-state index in [2.05, 4.69) is 47.5 Å². The van der Waals surface area contributed by atoms with Gasteiger partial charge >= 0.3 is 0 Å². The van der Waals surface area contributed by atoms with Gasteiger partial charge in [-0.3, -0.25) is 9.97 Å². The maximum atomic E-state index is 4.20. The summed E-state index contributed by atoms with van der Waals surface area (Å²) in [5.41, 5.74) is 1.93. The van der Waals surface area contributed by atoms with Gasteiger partial charge in [-0.25, -0.2) is 0 Å². The zero-order valence-corrected chi connectivity index (χ0v) is 8.01. The summed E-state index contributed by atoms with van der Waals surface area (Å²) in [6.45, 7) is 0. The Morgan fingerprint density at radius 3 is 3.00 bits per heavy atom. The van der Waals surface area contributed by atoms with Crippen LogP contribution in [0, 0.1) is 0 Å². The zero-order valence-electron chi connectivity index (χ0n) is 5.70. The van der Waals surface area contributed by atoms with Crippen molar-refractivity contribution in [2.75, 3.05) is 0 Å². The van der Waals surface area contributed by atoms with E-state index in [4.69, 9.17) is 0 Å². The highest BCUT2D eigenvalue weighted by atomic mass is 27.1. The average Bonchev–Trinajstić information content (AvgIpc) is 2.27. The second-order valence-corrected chi connectivity index (χ2v) is 3.39. The van der Waals surface area contributed by atoms with Crippen LogP contribution in [0.2, 0.25) is 0 Å². The number of fused-ring (bicyclic) bond motifs is 1. The molecule has 2 rings (SSSR count). The lowest BCUT2D eigenvalue weighted by Gasteiger charge is -1.90. The Labute approximate surface area is 80.1 Å². The molecule has 0 aliphatic rings. The Kier molecular flexibility index (Phi) is 1.75. The lowest BCUT2D eigenvalue weighted by Crippen LogP contribution is -2.11. The normalized spacial score (nSPS) is 10.5. The van der Waals surface area contributed by atoms with Crippen molar-refractivity contribution in [3.63, 3.8) is 0 Å². The van der Waals surface area contributed by atoms with E-state index in [0.29, 0.717) is 0 Å². The molecule has 48 valence electrons. The molecule has 2 aromatic rings. The van der Waals surface area contributed by atoms with Crippen molar-refractivity contribution in [3.05, 3.63) is 12.3 Å². The molecule has 0 aliphatic heterocycles. The van der Waals surface area contributed by atoms with Crippen LogP contribution >= 0.6 is 0 Å². The highest BCUT2D eigenvalue weighted by molar-refractivity contribution is 6.32. The Morgan fingerprint density at radius 2 is 2.18 bits per heavy atom. The highest BCUT2D eigenvalue weighted by Gasteiger charge is 1.96. The minimum absolute atomic E-state index is 0.724. The molecule has 0 atom stereocenters. The number of rotatable bonds is 0. The van der Waals surface area contributed by atoms with Crippen molar-refractivity contribution >= 4 is 52.9 Å². The lowest BCUT2D eigenvalue weighted by molar-refractivity contribution is 1.29. The second kappa shape index (κ2) is 2.62. The van der Waals surface area contributed by atoms with Crippen LogP contribution < -0.4 is 9.24 Å². The number of hydrogen-bond acceptors (Lipinski definition) is 2. The van der Waals surface area contributed by atoms with Gasteiger partial charge in [0.2, 0.25) is 32.6 Å². The molecule has 0 unspecified atom stereocenters. The van der Waals surface area contributed by atoms with Crippen molar-refractivity contribution in [3.8, 4) is 0 Å². The summed E-state index contributed by atoms with van der Waals surface area (Å²) < 4.78 is 1.76. The number of aromatic amines is 1. The number of hydrogen-bond donors (Lipinski definition) is 1. The first kappa shape index (κ1) is 7.34. The summed E-state index contributed by atoms with van der Waals surface area (Å²) >= 11 is 5.06. The molecule has 0 saturated carbocycles. The van der Waals surface area contributed by atoms with E-state index in [1.54, 1.807) is 6.20 Å². The van der Waals surface area contributed by atoms with Crippen LogP contribution in [0.15, 0.2) is 12.3 Å². The summed E-state index contributed by atoms with van der Waals surface area (Å²) in [7, 11) is 0. The number of nitrogens with one attached hydrogen (secondary N) is 1. The van der Waals surface area contributed by atoms with E-state index in [0.717, 1.165) is 20.3 Å². The van der Waals surface area contributed by atoms with Crippen molar-refractivity contribution in [2.45, 2.75) is 0 Å². The molecule has 1 N–H and O–H groups in total. The molecule has 2 aromatic heterocycles. The molecule has 11 heavy (non-hydrogen) atoms. The quantitative estimate of drug-likeness (QED) is 0.492. The standard InChI is InChI=1S/C6H3N3.2Al/c1-2-8-6-3-7-4-9-5(1)6;;/h1,3,8H;;. The van der Waals surface area contributed by atoms with Crippen LogP contribution in [0.3, 0.4) is 0 Å². The Balaban J connectivity index is 2.82. The van der Waals surface area contributed by atoms with Crippen molar-refractivity contribution in [1.82, 2.24) is 15.0 Å². The first-order chi connectivity index (χ1) is 5.25. The Hall–Kier alpha value is -0.315. The van der Waals surface area contributed by atoms with Gasteiger partial charge in [0, 0.05) is 4.69 Å². The van der Waals surface area contributed by atoms with Gasteiger partial charge in [0.25, 0.3) is 0 Å². The predicted molar refractivity (Wildman–Crippen MR) is 44.7 cm³/mol. The van der Waals surface area contributed by atoms with E-state index >= 15 is 0 Å². The van der Waals surface area contributed by atoms with Crippen LogP contribution in [0.5, 0.6) is 0 Å². The topological polar surface area (TPSA) is 41.6 Å². The van der Waals surface area contributed by atoms with Gasteiger partial charge in [0.15, 0.2) is 0 Å². The van der Waals surface area contributed by atoms with Crippen molar-refractivity contribution < 1.29 is 0 Å². The Morgan fingerprint density at radius 1 is 1.36 bits per heavy atom. The smallest absolute Gasteiger partial charge is 0.244 e. The molecule has 0 amide bonds. The molecule has 0 aromatic carbocycles. The van der Waals surface area contributed by atoms with Gasteiger partial charge in [-0.15, -0.1) is 0 Å². The molecular formula is C6H3Al2N3. The third-order valence-electron chi connectivity index (χ3n) is 1.41. The summed E-state index contributed by atoms with van der Waals surface area (Å²) in [6, 6.07) is 1.97. The molecule has 5 heteroatoms. The summed E-state index contributed by atoms with van der Waals surface area (Å²) in [5, 5.41) is 0. The minimum atomic E-state index is 0.724. The largest absolute Gasteiger partial charge is 0.374 e. The lowest BCUT2D eigenvalue weighted by atomic mass is 10.5. The molecule has 0 spiro atoms. The molecule has 2 heterocycles. The molecule has 0 fully saturated rings. The molecule has 0 aliphatic carbocycles. The maximum Gasteiger partial charge on any atom is 0.244 e. The molecule has 0 bridgehead atoms. The molecule has 0 saturated heterocycles. The fraction of sp³-hybridized carbons (Fsp3) is 0. The van der Waals surface area contributed by atoms with Crippen LogP contribution in [0.1, 0.15) is 0 Å². The zero-order chi connectivity index (χ0) is 7.84. The molecule has 3 nitrogen and oxygen atoms in total. The third kappa shape index (κ3) is 1.34. The highest BCUT2D eigenvalue weighted by Crippen LogP contribution is 2.01. The van der Waals surface area contributed by atoms with Gasteiger partial charge in [-0.05, 0) is 6.07 Å². The molecular weight excluding hydrogens is 168 g/mol. The van der Waals surface area contributed by atoms with E-state index in [9.17, 15) is 0 Å². The van der Waals surface area contributed by atoms with Gasteiger partial charge in [0.05, 0.1) is 17.2 Å². The summed E-state index contributed by atoms with van der Waals surface area (Å²) in [4.78, 5) is 11.4. The number of nitrogens with zero attached hydrogens (tertiary/aromatic N) is 2. The van der Waals surface area contributed by atoms with Crippen molar-refractivity contribution in [2.24, 2.45) is 0 Å². The fourth-order valence-electron chi connectivity index (χ4n) is 0.955. The van der Waals surface area contributed by atoms with E-state index in [1.165, 1.54) is 0 Å². The second-order valence-electron chi connectivity index (χ2n) is 2.25. The van der Waals surface area contributed by atoms with E-state index in [1.807, 2.05) is 6.07 Å². The summed E-state index contributed by atoms with van der Waals surface area (Å²) in [5.74, 6) is 0. The van der Waals surface area contributed by atoms with Gasteiger partial charge in [-0.2, -0.15) is 0 Å². The van der Waals surface area contributed by atoms with Crippen LogP contribution in [-0.2, 0) is 0 Å². The number of aromatic nitrogens is 3. The number of H-pyrrole nitrogens is 1. The first-order valence-corrected chi connectivity index (χ1v) is 4.28. The fourth-order valence-corrected chi connectivity index (χ4v) is 1.48. The predicted octanol–water partition coefficient (Wildman–Crippen LogP) is -1.45. The van der Waals surface area contributed by atoms with Crippen LogP contribution in [0.25, 0.3) is 11.0 Å².